The Morgan fingerprint density at radius 1 is 0.929 bits per heavy atom. The number of carbonyl (C=O) groups is 1. The minimum atomic E-state index is -4.86. The van der Waals surface area contributed by atoms with Gasteiger partial charge in [0.05, 0.1) is 35.3 Å². The van der Waals surface area contributed by atoms with Gasteiger partial charge in [0.1, 0.15) is 6.07 Å². The summed E-state index contributed by atoms with van der Waals surface area (Å²) < 4.78 is 47.2. The molecular formula is C17H14N4O5S2. The Morgan fingerprint density at radius 3 is 1.75 bits per heavy atom. The van der Waals surface area contributed by atoms with Crippen LogP contribution in [0.3, 0.4) is 0 Å². The minimum Gasteiger partial charge on any atom is -0.294 e. The lowest BCUT2D eigenvalue weighted by molar-refractivity contribution is -0.114. The Bertz CT molecular complexity index is 1080. The largest absolute Gasteiger partial charge is 0.294 e. The van der Waals surface area contributed by atoms with Gasteiger partial charge in [-0.1, -0.05) is 12.2 Å². The van der Waals surface area contributed by atoms with Crippen LogP contribution in [0.4, 0.5) is 0 Å². The van der Waals surface area contributed by atoms with E-state index in [0.29, 0.717) is 6.08 Å². The molecule has 28 heavy (non-hydrogen) atoms. The van der Waals surface area contributed by atoms with Gasteiger partial charge in [-0.3, -0.25) is 4.79 Å². The van der Waals surface area contributed by atoms with Gasteiger partial charge in [-0.05, 0) is 6.08 Å². The Hall–Kier alpha value is -3.51. The van der Waals surface area contributed by atoms with Crippen LogP contribution in [-0.4, -0.2) is 38.2 Å². The quantitative estimate of drug-likeness (QED) is 0.281. The molecule has 0 aliphatic rings. The van der Waals surface area contributed by atoms with Gasteiger partial charge in [0.2, 0.25) is 0 Å². The van der Waals surface area contributed by atoms with Crippen LogP contribution in [0.1, 0.15) is 6.42 Å². The zero-order chi connectivity index (χ0) is 22.0. The lowest BCUT2D eigenvalue weighted by Gasteiger charge is -2.24. The van der Waals surface area contributed by atoms with Crippen molar-refractivity contribution in [1.82, 2.24) is 0 Å². The molecule has 0 aliphatic carbocycles. The van der Waals surface area contributed by atoms with Crippen LogP contribution in [0.5, 0.6) is 0 Å². The number of allylic oxidation sites excluding steroid dienone is 3. The molecular weight excluding hydrogens is 404 g/mol. The number of ketones is 1. The molecule has 11 heteroatoms. The van der Waals surface area contributed by atoms with Crippen molar-refractivity contribution in [2.24, 2.45) is 0 Å². The van der Waals surface area contributed by atoms with E-state index in [9.17, 15) is 32.2 Å². The number of hydrogen-bond donors (Lipinski definition) is 0. The summed E-state index contributed by atoms with van der Waals surface area (Å²) in [5, 5.41) is 36.3. The Morgan fingerprint density at radius 2 is 1.43 bits per heavy atom. The number of hydrogen-bond acceptors (Lipinski definition) is 9. The van der Waals surface area contributed by atoms with E-state index in [2.05, 4.69) is 13.2 Å². The van der Waals surface area contributed by atoms with Crippen LogP contribution < -0.4 is 0 Å². The summed E-state index contributed by atoms with van der Waals surface area (Å²) in [6, 6.07) is 5.55. The van der Waals surface area contributed by atoms with Crippen LogP contribution >= 0.6 is 0 Å². The fraction of sp³-hybridized carbons (Fsp3) is 0.235. The number of nitrogens with zero attached hydrogens (tertiary/aromatic N) is 4. The molecule has 0 atom stereocenters. The molecule has 0 aromatic rings. The van der Waals surface area contributed by atoms with E-state index in [1.165, 1.54) is 18.2 Å². The highest BCUT2D eigenvalue weighted by atomic mass is 32.3. The smallest absolute Gasteiger partial charge is 0.292 e. The van der Waals surface area contributed by atoms with Gasteiger partial charge in [-0.15, -0.1) is 13.2 Å². The summed E-state index contributed by atoms with van der Waals surface area (Å²) >= 11 is 0. The highest BCUT2D eigenvalue weighted by Crippen LogP contribution is 2.34. The summed E-state index contributed by atoms with van der Waals surface area (Å²) in [6.07, 6.45) is 2.13. The van der Waals surface area contributed by atoms with E-state index < -0.39 is 53.0 Å². The minimum absolute atomic E-state index is 0.300. The van der Waals surface area contributed by atoms with Gasteiger partial charge in [0, 0.05) is 18.1 Å². The molecule has 9 nitrogen and oxygen atoms in total. The highest BCUT2D eigenvalue weighted by molar-refractivity contribution is 8.11. The van der Waals surface area contributed by atoms with E-state index in [1.807, 2.05) is 0 Å². The first-order valence-corrected chi connectivity index (χ1v) is 10.6. The summed E-state index contributed by atoms with van der Waals surface area (Å²) in [5.41, 5.74) is -1.44. The topological polar surface area (TPSA) is 181 Å². The summed E-state index contributed by atoms with van der Waals surface area (Å²) in [5.74, 6) is -2.95. The van der Waals surface area contributed by atoms with Crippen molar-refractivity contribution < 1.29 is 21.6 Å². The second kappa shape index (κ2) is 9.99. The summed E-state index contributed by atoms with van der Waals surface area (Å²) in [7, 11) is -9.71. The second-order valence-electron chi connectivity index (χ2n) is 5.09. The molecule has 0 bridgehead atoms. The zero-order valence-electron chi connectivity index (χ0n) is 14.5. The van der Waals surface area contributed by atoms with Gasteiger partial charge < -0.3 is 0 Å². The highest BCUT2D eigenvalue weighted by Gasteiger charge is 2.58. The molecule has 0 aliphatic heterocycles. The van der Waals surface area contributed by atoms with E-state index in [1.54, 1.807) is 6.07 Å². The van der Waals surface area contributed by atoms with Crippen molar-refractivity contribution in [1.29, 1.82) is 21.0 Å². The van der Waals surface area contributed by atoms with E-state index >= 15 is 0 Å². The van der Waals surface area contributed by atoms with Gasteiger partial charge in [0.25, 0.3) is 4.08 Å². The zero-order valence-corrected chi connectivity index (χ0v) is 16.1. The predicted octanol–water partition coefficient (Wildman–Crippen LogP) is 0.791. The van der Waals surface area contributed by atoms with Crippen molar-refractivity contribution in [2.45, 2.75) is 10.5 Å². The first-order chi connectivity index (χ1) is 13.0. The normalized spacial score (nSPS) is 12.6. The van der Waals surface area contributed by atoms with Crippen LogP contribution in [0.25, 0.3) is 0 Å². The maximum Gasteiger partial charge on any atom is 0.292 e. The Balaban J connectivity index is 6.91. The Labute approximate surface area is 163 Å². The third kappa shape index (κ3) is 4.81. The molecule has 0 amide bonds. The second-order valence-corrected chi connectivity index (χ2v) is 9.70. The summed E-state index contributed by atoms with van der Waals surface area (Å²) in [4.78, 5) is 12.1. The molecule has 0 saturated heterocycles. The molecule has 0 rings (SSSR count). The number of rotatable bonds is 10. The van der Waals surface area contributed by atoms with Crippen molar-refractivity contribution in [3.63, 3.8) is 0 Å². The molecule has 144 valence electrons. The number of carbonyl (C=O) groups excluding carboxylic acids is 1. The van der Waals surface area contributed by atoms with Crippen LogP contribution in [-0.2, 0) is 24.5 Å². The number of sulfone groups is 2. The third-order valence-corrected chi connectivity index (χ3v) is 8.47. The fourth-order valence-electron chi connectivity index (χ4n) is 2.07. The maximum absolute atomic E-state index is 12.7. The van der Waals surface area contributed by atoms with E-state index in [4.69, 9.17) is 10.5 Å². The van der Waals surface area contributed by atoms with Crippen molar-refractivity contribution in [3.05, 3.63) is 48.6 Å². The molecule has 0 unspecified atom stereocenters. The predicted molar refractivity (Wildman–Crippen MR) is 98.9 cm³/mol. The van der Waals surface area contributed by atoms with E-state index in [-0.39, 0.29) is 5.57 Å². The average Bonchev–Trinajstić information content (AvgIpc) is 2.60. The van der Waals surface area contributed by atoms with Crippen LogP contribution in [0.2, 0.25) is 0 Å². The number of nitriles is 4. The molecule has 0 aromatic carbocycles. The standard InChI is InChI=1S/C17H14N4O5S2/c1-3-7-27(23,24)17(13-21,28(25,26)8-4-2)15(12-20)10-16(22)9-14(11-19)5-6-18/h3-5,10H,1-2,7-9H2. The monoisotopic (exact) mass is 418 g/mol. The van der Waals surface area contributed by atoms with Crippen LogP contribution in [0.15, 0.2) is 48.6 Å². The fourth-order valence-corrected chi connectivity index (χ4v) is 6.28. The lowest BCUT2D eigenvalue weighted by Crippen LogP contribution is -2.48. The first kappa shape index (κ1) is 24.5. The first-order valence-electron chi connectivity index (χ1n) is 7.25. The molecule has 0 aromatic heterocycles. The van der Waals surface area contributed by atoms with Gasteiger partial charge >= 0.3 is 0 Å². The molecule has 0 spiro atoms. The van der Waals surface area contributed by atoms with Crippen molar-refractivity contribution in [3.8, 4) is 24.3 Å². The Kier molecular flexibility index (Phi) is 8.74. The van der Waals surface area contributed by atoms with Crippen molar-refractivity contribution >= 4 is 25.5 Å². The lowest BCUT2D eigenvalue weighted by atomic mass is 10.1. The average molecular weight is 418 g/mol. The molecule has 0 N–H and O–H groups in total. The molecule has 0 radical (unpaired) electrons. The third-order valence-electron chi connectivity index (χ3n) is 3.23. The van der Waals surface area contributed by atoms with Gasteiger partial charge in [-0.25, -0.2) is 16.8 Å². The molecule has 0 saturated carbocycles. The van der Waals surface area contributed by atoms with Gasteiger partial charge in [0.15, 0.2) is 25.5 Å². The summed E-state index contributed by atoms with van der Waals surface area (Å²) in [6.45, 7) is 6.38. The van der Waals surface area contributed by atoms with Crippen LogP contribution in [0, 0.1) is 45.3 Å². The maximum atomic E-state index is 12.7. The molecule has 0 fully saturated rings. The SMILES string of the molecule is C=CCS(=O)(=O)C(C#N)(C(C#N)=CC(=O)CC(C#N)=CC#N)S(=O)(=O)CC=C. The van der Waals surface area contributed by atoms with E-state index in [0.717, 1.165) is 18.2 Å². The van der Waals surface area contributed by atoms with Gasteiger partial charge in [-0.2, -0.15) is 21.0 Å². The molecule has 0 heterocycles. The van der Waals surface area contributed by atoms with Crippen molar-refractivity contribution in [2.75, 3.05) is 11.5 Å².